The van der Waals surface area contributed by atoms with E-state index in [4.69, 9.17) is 14.4 Å². The highest BCUT2D eigenvalue weighted by atomic mass is 16.7. The highest BCUT2D eigenvalue weighted by molar-refractivity contribution is 6.62. The summed E-state index contributed by atoms with van der Waals surface area (Å²) >= 11 is 0. The monoisotopic (exact) mass is 450 g/mol. The maximum Gasteiger partial charge on any atom is 0.498 e. The lowest BCUT2D eigenvalue weighted by Crippen LogP contribution is -2.41. The molecule has 3 aromatic carbocycles. The Morgan fingerprint density at radius 1 is 0.676 bits per heavy atom. The third-order valence-electron chi connectivity index (χ3n) is 7.36. The van der Waals surface area contributed by atoms with Crippen molar-refractivity contribution in [1.82, 2.24) is 9.78 Å². The molecular formula is C29H31BN2O2. The molecule has 2 heterocycles. The van der Waals surface area contributed by atoms with Gasteiger partial charge in [0.1, 0.15) is 5.54 Å². The molecule has 0 amide bonds. The largest absolute Gasteiger partial charge is 0.498 e. The second kappa shape index (κ2) is 8.26. The quantitative estimate of drug-likeness (QED) is 0.305. The number of nitrogens with zero attached hydrogens (tertiary/aromatic N) is 2. The molecule has 1 aliphatic heterocycles. The van der Waals surface area contributed by atoms with E-state index in [1.165, 1.54) is 0 Å². The van der Waals surface area contributed by atoms with Gasteiger partial charge in [-0.1, -0.05) is 91.0 Å². The molecule has 5 heteroatoms. The van der Waals surface area contributed by atoms with Gasteiger partial charge >= 0.3 is 7.12 Å². The maximum absolute atomic E-state index is 6.40. The van der Waals surface area contributed by atoms with Crippen molar-refractivity contribution in [1.29, 1.82) is 0 Å². The fourth-order valence-corrected chi connectivity index (χ4v) is 4.78. The van der Waals surface area contributed by atoms with Crippen LogP contribution in [-0.4, -0.2) is 28.1 Å². The van der Waals surface area contributed by atoms with Crippen LogP contribution in [0.4, 0.5) is 0 Å². The Morgan fingerprint density at radius 3 is 1.44 bits per heavy atom. The number of aryl methyl sites for hydroxylation is 1. The molecule has 0 atom stereocenters. The van der Waals surface area contributed by atoms with Gasteiger partial charge in [-0.05, 0) is 51.3 Å². The molecule has 4 aromatic rings. The summed E-state index contributed by atoms with van der Waals surface area (Å²) in [7, 11) is -0.473. The summed E-state index contributed by atoms with van der Waals surface area (Å²) in [4.78, 5) is 0. The Kier molecular flexibility index (Phi) is 5.50. The van der Waals surface area contributed by atoms with E-state index in [0.717, 1.165) is 27.8 Å². The van der Waals surface area contributed by atoms with Gasteiger partial charge in [0.05, 0.1) is 16.9 Å². The SMILES string of the molecule is Cc1nn(C(c2ccccc2)(c2ccccc2)c2ccccc2)cc1B1OC(C)(C)C(C)(C)O1. The Balaban J connectivity index is 1.76. The van der Waals surface area contributed by atoms with E-state index in [1.807, 2.05) is 25.1 Å². The third-order valence-corrected chi connectivity index (χ3v) is 7.36. The standard InChI is InChI=1S/C29H31BN2O2/c1-22-26(30-33-27(2,3)28(4,5)34-30)21-32(31-22)29(23-15-9-6-10-16-23,24-17-11-7-12-18-24)25-19-13-8-14-20-25/h6-21H,1-5H3. The zero-order valence-electron chi connectivity index (χ0n) is 20.5. The van der Waals surface area contributed by atoms with Gasteiger partial charge in [-0.15, -0.1) is 0 Å². The van der Waals surface area contributed by atoms with E-state index >= 15 is 0 Å². The first kappa shape index (κ1) is 22.6. The van der Waals surface area contributed by atoms with Crippen molar-refractivity contribution in [3.8, 4) is 0 Å². The first-order valence-corrected chi connectivity index (χ1v) is 11.8. The minimum atomic E-state index is -0.656. The van der Waals surface area contributed by atoms with Gasteiger partial charge in [-0.2, -0.15) is 5.10 Å². The lowest BCUT2D eigenvalue weighted by atomic mass is 9.76. The topological polar surface area (TPSA) is 36.3 Å². The second-order valence-corrected chi connectivity index (χ2v) is 10.0. The van der Waals surface area contributed by atoms with E-state index in [1.54, 1.807) is 0 Å². The van der Waals surface area contributed by atoms with E-state index in [0.29, 0.717) is 0 Å². The third kappa shape index (κ3) is 3.51. The zero-order valence-corrected chi connectivity index (χ0v) is 20.5. The highest BCUT2D eigenvalue weighted by Crippen LogP contribution is 2.41. The van der Waals surface area contributed by atoms with E-state index in [-0.39, 0.29) is 0 Å². The van der Waals surface area contributed by atoms with Crippen LogP contribution < -0.4 is 5.46 Å². The Hall–Kier alpha value is -3.15. The van der Waals surface area contributed by atoms with Crippen molar-refractivity contribution in [2.45, 2.75) is 51.4 Å². The molecule has 172 valence electrons. The van der Waals surface area contributed by atoms with Crippen LogP contribution in [0, 0.1) is 6.92 Å². The summed E-state index contributed by atoms with van der Waals surface area (Å²) in [6, 6.07) is 31.7. The van der Waals surface area contributed by atoms with Crippen LogP contribution in [0.5, 0.6) is 0 Å². The van der Waals surface area contributed by atoms with Gasteiger partial charge < -0.3 is 9.31 Å². The first-order chi connectivity index (χ1) is 16.3. The molecule has 5 rings (SSSR count). The predicted molar refractivity (Wildman–Crippen MR) is 137 cm³/mol. The maximum atomic E-state index is 6.40. The number of hydrogen-bond acceptors (Lipinski definition) is 3. The van der Waals surface area contributed by atoms with Crippen LogP contribution in [-0.2, 0) is 14.8 Å². The summed E-state index contributed by atoms with van der Waals surface area (Å²) in [5, 5.41) is 5.11. The van der Waals surface area contributed by atoms with Crippen molar-refractivity contribution in [2.24, 2.45) is 0 Å². The zero-order chi connectivity index (χ0) is 24.0. The molecule has 0 aliphatic carbocycles. The van der Waals surface area contributed by atoms with E-state index in [9.17, 15) is 0 Å². The molecule has 0 unspecified atom stereocenters. The van der Waals surface area contributed by atoms with Crippen LogP contribution in [0.3, 0.4) is 0 Å². The lowest BCUT2D eigenvalue weighted by Gasteiger charge is -2.36. The van der Waals surface area contributed by atoms with Crippen molar-refractivity contribution < 1.29 is 9.31 Å². The molecule has 0 radical (unpaired) electrons. The second-order valence-electron chi connectivity index (χ2n) is 10.0. The Morgan fingerprint density at radius 2 is 1.06 bits per heavy atom. The molecule has 1 saturated heterocycles. The molecule has 1 fully saturated rings. The van der Waals surface area contributed by atoms with Crippen LogP contribution >= 0.6 is 0 Å². The Labute approximate surface area is 202 Å². The molecular weight excluding hydrogens is 419 g/mol. The summed E-state index contributed by atoms with van der Waals surface area (Å²) < 4.78 is 14.9. The average molecular weight is 450 g/mol. The lowest BCUT2D eigenvalue weighted by molar-refractivity contribution is 0.00578. The molecule has 1 aliphatic rings. The highest BCUT2D eigenvalue weighted by Gasteiger charge is 2.53. The normalized spacial score (nSPS) is 17.1. The molecule has 0 bridgehead atoms. The number of hydrogen-bond donors (Lipinski definition) is 0. The molecule has 0 spiro atoms. The minimum Gasteiger partial charge on any atom is -0.399 e. The number of rotatable bonds is 5. The fraction of sp³-hybridized carbons (Fsp3) is 0.276. The van der Waals surface area contributed by atoms with Crippen LogP contribution in [0.25, 0.3) is 0 Å². The molecule has 0 saturated carbocycles. The van der Waals surface area contributed by atoms with Crippen molar-refractivity contribution >= 4 is 12.6 Å². The molecule has 1 aromatic heterocycles. The van der Waals surface area contributed by atoms with Gasteiger partial charge in [-0.25, -0.2) is 0 Å². The van der Waals surface area contributed by atoms with Gasteiger partial charge in [0.25, 0.3) is 0 Å². The smallest absolute Gasteiger partial charge is 0.399 e. The predicted octanol–water partition coefficient (Wildman–Crippen LogP) is 5.33. The van der Waals surface area contributed by atoms with Crippen molar-refractivity contribution in [2.75, 3.05) is 0 Å². The number of benzene rings is 3. The first-order valence-electron chi connectivity index (χ1n) is 11.8. The van der Waals surface area contributed by atoms with Gasteiger partial charge in [0.2, 0.25) is 0 Å². The summed E-state index contributed by atoms with van der Waals surface area (Å²) in [5.74, 6) is 0. The number of aromatic nitrogens is 2. The average Bonchev–Trinajstić information content (AvgIpc) is 3.32. The molecule has 34 heavy (non-hydrogen) atoms. The van der Waals surface area contributed by atoms with Crippen LogP contribution in [0.1, 0.15) is 50.1 Å². The van der Waals surface area contributed by atoms with Crippen LogP contribution in [0.15, 0.2) is 97.2 Å². The van der Waals surface area contributed by atoms with Crippen LogP contribution in [0.2, 0.25) is 0 Å². The van der Waals surface area contributed by atoms with Gasteiger partial charge in [0, 0.05) is 11.7 Å². The van der Waals surface area contributed by atoms with Gasteiger partial charge in [-0.3, -0.25) is 4.68 Å². The Bertz CT molecular complexity index is 1150. The summed E-state index contributed by atoms with van der Waals surface area (Å²) in [6.07, 6.45) is 2.10. The fourth-order valence-electron chi connectivity index (χ4n) is 4.78. The van der Waals surface area contributed by atoms with E-state index < -0.39 is 23.9 Å². The molecule has 0 N–H and O–H groups in total. The van der Waals surface area contributed by atoms with Gasteiger partial charge in [0.15, 0.2) is 0 Å². The van der Waals surface area contributed by atoms with E-state index in [2.05, 4.69) is 111 Å². The summed E-state index contributed by atoms with van der Waals surface area (Å²) in [6.45, 7) is 10.3. The minimum absolute atomic E-state index is 0.415. The summed E-state index contributed by atoms with van der Waals surface area (Å²) in [5.41, 5.74) is 3.76. The van der Waals surface area contributed by atoms with Crippen molar-refractivity contribution in [3.05, 3.63) is 120 Å². The van der Waals surface area contributed by atoms with Crippen molar-refractivity contribution in [3.63, 3.8) is 0 Å². The molecule has 4 nitrogen and oxygen atoms in total.